The van der Waals surface area contributed by atoms with Crippen molar-refractivity contribution in [3.8, 4) is 0 Å². The zero-order valence-electron chi connectivity index (χ0n) is 6.47. The van der Waals surface area contributed by atoms with Gasteiger partial charge in [0.1, 0.15) is 0 Å². The minimum absolute atomic E-state index is 0. The van der Waals surface area contributed by atoms with E-state index in [-0.39, 0.29) is 24.9 Å². The summed E-state index contributed by atoms with van der Waals surface area (Å²) in [6, 6.07) is 0. The minimum atomic E-state index is -0.158. The van der Waals surface area contributed by atoms with Crippen molar-refractivity contribution in [2.24, 2.45) is 5.41 Å². The molecule has 1 heterocycles. The predicted octanol–water partition coefficient (Wildman–Crippen LogP) is 0.674. The van der Waals surface area contributed by atoms with Crippen LogP contribution in [0, 0.1) is 5.41 Å². The Hall–Kier alpha value is -0.570. The molecule has 0 aromatic carbocycles. The Bertz CT molecular complexity index is 183. The zero-order valence-corrected chi connectivity index (χ0v) is 6.47. The molecule has 0 unspecified atom stereocenters. The van der Waals surface area contributed by atoms with Crippen molar-refractivity contribution in [3.63, 3.8) is 0 Å². The van der Waals surface area contributed by atoms with Crippen molar-refractivity contribution < 1.29 is 9.90 Å². The number of nitrogens with one attached hydrogen (secondary N) is 1. The summed E-state index contributed by atoms with van der Waals surface area (Å²) < 4.78 is 0. The lowest BCUT2D eigenvalue weighted by molar-refractivity contribution is -0.144. The molecule has 1 saturated heterocycles. The van der Waals surface area contributed by atoms with Crippen molar-refractivity contribution in [1.29, 1.82) is 0 Å². The molecule has 2 N–H and O–H groups in total. The summed E-state index contributed by atoms with van der Waals surface area (Å²) in [6.45, 7) is 0.832. The first kappa shape index (κ1) is 9.52. The van der Waals surface area contributed by atoms with Gasteiger partial charge >= 0.3 is 0 Å². The Balaban J connectivity index is 0.000000720. The Labute approximate surface area is 73.2 Å². The number of hydrogen-bond acceptors (Lipinski definition) is 2. The summed E-state index contributed by atoms with van der Waals surface area (Å²) in [4.78, 5) is 11.1. The highest BCUT2D eigenvalue weighted by Gasteiger charge is 2.47. The maximum absolute atomic E-state index is 11.1. The second kappa shape index (κ2) is 3.05. The highest BCUT2D eigenvalue weighted by Crippen LogP contribution is 2.40. The van der Waals surface area contributed by atoms with Gasteiger partial charge in [-0.1, -0.05) is 7.43 Å². The van der Waals surface area contributed by atoms with E-state index in [1.165, 1.54) is 0 Å². The first-order chi connectivity index (χ1) is 5.23. The van der Waals surface area contributed by atoms with E-state index < -0.39 is 0 Å². The van der Waals surface area contributed by atoms with E-state index >= 15 is 0 Å². The summed E-state index contributed by atoms with van der Waals surface area (Å²) in [5, 5.41) is 12.0. The van der Waals surface area contributed by atoms with Gasteiger partial charge in [0.2, 0.25) is 5.91 Å². The van der Waals surface area contributed by atoms with Crippen LogP contribution in [0.3, 0.4) is 0 Å². The van der Waals surface area contributed by atoms with Gasteiger partial charge in [-0.15, -0.1) is 0 Å². The van der Waals surface area contributed by atoms with Gasteiger partial charge in [0, 0.05) is 6.54 Å². The maximum atomic E-state index is 11.1. The van der Waals surface area contributed by atoms with Crippen molar-refractivity contribution in [1.82, 2.24) is 5.32 Å². The highest BCUT2D eigenvalue weighted by atomic mass is 16.3. The minimum Gasteiger partial charge on any atom is -0.393 e. The quantitative estimate of drug-likeness (QED) is 0.526. The third-order valence-electron chi connectivity index (χ3n) is 2.98. The average Bonchev–Trinajstić information content (AvgIpc) is 2.03. The van der Waals surface area contributed by atoms with Gasteiger partial charge in [0.25, 0.3) is 0 Å². The van der Waals surface area contributed by atoms with Gasteiger partial charge < -0.3 is 10.4 Å². The Morgan fingerprint density at radius 1 is 1.42 bits per heavy atom. The molecule has 1 saturated carbocycles. The van der Waals surface area contributed by atoms with Crippen molar-refractivity contribution in [3.05, 3.63) is 0 Å². The van der Waals surface area contributed by atoms with Crippen LogP contribution in [-0.4, -0.2) is 23.7 Å². The summed E-state index contributed by atoms with van der Waals surface area (Å²) in [6.07, 6.45) is 3.19. The largest absolute Gasteiger partial charge is 0.393 e. The molecular weight excluding hydrogens is 154 g/mol. The van der Waals surface area contributed by atoms with Crippen molar-refractivity contribution in [2.45, 2.75) is 39.2 Å². The first-order valence-electron chi connectivity index (χ1n) is 4.19. The molecule has 12 heavy (non-hydrogen) atoms. The van der Waals surface area contributed by atoms with E-state index in [4.69, 9.17) is 0 Å². The fraction of sp³-hybridized carbons (Fsp3) is 0.889. The molecule has 2 aliphatic rings. The molecule has 2 fully saturated rings. The van der Waals surface area contributed by atoms with Gasteiger partial charge in [-0.25, -0.2) is 0 Å². The topological polar surface area (TPSA) is 49.3 Å². The smallest absolute Gasteiger partial charge is 0.228 e. The Kier molecular flexibility index (Phi) is 2.42. The maximum Gasteiger partial charge on any atom is 0.228 e. The second-order valence-corrected chi connectivity index (χ2v) is 3.69. The van der Waals surface area contributed by atoms with Crippen LogP contribution in [0.15, 0.2) is 0 Å². The molecule has 0 aromatic heterocycles. The van der Waals surface area contributed by atoms with Gasteiger partial charge in [-0.2, -0.15) is 0 Å². The first-order valence-corrected chi connectivity index (χ1v) is 4.19. The molecule has 0 radical (unpaired) electrons. The molecule has 3 heteroatoms. The zero-order chi connectivity index (χ0) is 7.90. The average molecular weight is 171 g/mol. The number of β-lactam (4-membered cyclic amide) rings is 1. The predicted molar refractivity (Wildman–Crippen MR) is 46.6 cm³/mol. The van der Waals surface area contributed by atoms with Crippen LogP contribution < -0.4 is 5.32 Å². The summed E-state index contributed by atoms with van der Waals surface area (Å²) in [5.41, 5.74) is -0.0702. The van der Waals surface area contributed by atoms with E-state index in [0.29, 0.717) is 0 Å². The third kappa shape index (κ3) is 1.22. The van der Waals surface area contributed by atoms with Crippen LogP contribution in [0.4, 0.5) is 0 Å². The third-order valence-corrected chi connectivity index (χ3v) is 2.98. The molecule has 1 aliphatic heterocycles. The summed E-state index contributed by atoms with van der Waals surface area (Å²) in [7, 11) is 0. The molecule has 2 rings (SSSR count). The van der Waals surface area contributed by atoms with Crippen LogP contribution in [0.5, 0.6) is 0 Å². The standard InChI is InChI=1S/C8H13NO2.CH4/c10-6-1-3-8(4-2-6)5-9-7(8)11;/h6,10H,1-5H2,(H,9,11);1H4. The Morgan fingerprint density at radius 3 is 2.33 bits per heavy atom. The molecular formula is C9H17NO2. The van der Waals surface area contributed by atoms with E-state index in [0.717, 1.165) is 32.2 Å². The number of carbonyl (C=O) groups is 1. The number of carbonyl (C=O) groups excluding carboxylic acids is 1. The lowest BCUT2D eigenvalue weighted by atomic mass is 9.68. The van der Waals surface area contributed by atoms with E-state index in [2.05, 4.69) is 5.32 Å². The Morgan fingerprint density at radius 2 is 2.00 bits per heavy atom. The van der Waals surface area contributed by atoms with Gasteiger partial charge in [-0.3, -0.25) is 4.79 Å². The van der Waals surface area contributed by atoms with E-state index in [1.807, 2.05) is 0 Å². The molecule has 1 spiro atoms. The molecule has 0 atom stereocenters. The normalized spacial score (nSPS) is 39.8. The number of aliphatic hydroxyl groups excluding tert-OH is 1. The van der Waals surface area contributed by atoms with Gasteiger partial charge in [0.15, 0.2) is 0 Å². The number of rotatable bonds is 0. The summed E-state index contributed by atoms with van der Waals surface area (Å²) >= 11 is 0. The monoisotopic (exact) mass is 171 g/mol. The van der Waals surface area contributed by atoms with Crippen LogP contribution in [-0.2, 0) is 4.79 Å². The van der Waals surface area contributed by atoms with E-state index in [9.17, 15) is 9.90 Å². The molecule has 1 amide bonds. The lowest BCUT2D eigenvalue weighted by Gasteiger charge is -2.44. The van der Waals surface area contributed by atoms with Crippen LogP contribution in [0.2, 0.25) is 0 Å². The SMILES string of the molecule is C.O=C1NCC12CCC(O)CC2. The summed E-state index contributed by atoms with van der Waals surface area (Å²) in [5.74, 6) is 0.199. The number of amides is 1. The van der Waals surface area contributed by atoms with Crippen LogP contribution >= 0.6 is 0 Å². The highest BCUT2D eigenvalue weighted by molar-refractivity contribution is 5.88. The molecule has 0 bridgehead atoms. The van der Waals surface area contributed by atoms with Crippen LogP contribution in [0.1, 0.15) is 33.1 Å². The van der Waals surface area contributed by atoms with Gasteiger partial charge in [0.05, 0.1) is 11.5 Å². The van der Waals surface area contributed by atoms with Crippen molar-refractivity contribution in [2.75, 3.05) is 6.54 Å². The number of hydrogen-bond donors (Lipinski definition) is 2. The van der Waals surface area contributed by atoms with Crippen LogP contribution in [0.25, 0.3) is 0 Å². The molecule has 1 aliphatic carbocycles. The number of aliphatic hydroxyl groups is 1. The lowest BCUT2D eigenvalue weighted by Crippen LogP contribution is -2.60. The van der Waals surface area contributed by atoms with Crippen molar-refractivity contribution >= 4 is 5.91 Å². The van der Waals surface area contributed by atoms with Gasteiger partial charge in [-0.05, 0) is 25.7 Å². The molecule has 3 nitrogen and oxygen atoms in total. The van der Waals surface area contributed by atoms with E-state index in [1.54, 1.807) is 0 Å². The molecule has 70 valence electrons. The fourth-order valence-corrected chi connectivity index (χ4v) is 1.97. The molecule has 0 aromatic rings. The second-order valence-electron chi connectivity index (χ2n) is 3.69. The fourth-order valence-electron chi connectivity index (χ4n) is 1.97.